The first-order valence-electron chi connectivity index (χ1n) is 11.0. The molecule has 0 spiro atoms. The predicted octanol–water partition coefficient (Wildman–Crippen LogP) is 4.96. The smallest absolute Gasteiger partial charge is 0.412 e. The highest BCUT2D eigenvalue weighted by Gasteiger charge is 2.44. The molecule has 1 aliphatic heterocycles. The molecule has 1 heterocycles. The van der Waals surface area contributed by atoms with E-state index in [4.69, 9.17) is 4.74 Å². The molecule has 1 aliphatic rings. The van der Waals surface area contributed by atoms with Crippen molar-refractivity contribution in [3.63, 3.8) is 0 Å². The van der Waals surface area contributed by atoms with Crippen LogP contribution in [0.4, 0.5) is 14.9 Å². The molecule has 6 nitrogen and oxygen atoms in total. The van der Waals surface area contributed by atoms with E-state index >= 15 is 4.39 Å². The van der Waals surface area contributed by atoms with Crippen LogP contribution >= 0.6 is 0 Å². The van der Waals surface area contributed by atoms with E-state index in [0.29, 0.717) is 30.5 Å². The zero-order valence-corrected chi connectivity index (χ0v) is 18.9. The minimum atomic E-state index is -1.77. The number of carbonyl (C=O) groups is 2. The topological polar surface area (TPSA) is 78.9 Å². The van der Waals surface area contributed by atoms with E-state index in [-0.39, 0.29) is 30.9 Å². The zero-order valence-electron chi connectivity index (χ0n) is 18.9. The molecule has 1 unspecified atom stereocenters. The number of anilines is 1. The molecule has 1 atom stereocenters. The normalized spacial score (nSPS) is 18.8. The summed E-state index contributed by atoms with van der Waals surface area (Å²) in [5, 5.41) is 14.1. The number of rotatable bonds is 5. The highest BCUT2D eigenvalue weighted by atomic mass is 19.1. The van der Waals surface area contributed by atoms with Gasteiger partial charge in [-0.05, 0) is 70.2 Å². The fourth-order valence-electron chi connectivity index (χ4n) is 3.84. The van der Waals surface area contributed by atoms with Gasteiger partial charge < -0.3 is 15.2 Å². The number of benzene rings is 2. The number of nitrogens with zero attached hydrogens (tertiary/aromatic N) is 1. The number of piperidine rings is 1. The Kier molecular flexibility index (Phi) is 7.19. The Hall–Kier alpha value is -2.93. The minimum Gasteiger partial charge on any atom is -0.444 e. The Morgan fingerprint density at radius 1 is 1.16 bits per heavy atom. The van der Waals surface area contributed by atoms with Gasteiger partial charge in [-0.25, -0.2) is 9.18 Å². The summed E-state index contributed by atoms with van der Waals surface area (Å²) in [4.78, 5) is 26.1. The number of amides is 2. The van der Waals surface area contributed by atoms with E-state index in [0.717, 1.165) is 0 Å². The van der Waals surface area contributed by atoms with Crippen LogP contribution in [0.15, 0.2) is 48.5 Å². The lowest BCUT2D eigenvalue weighted by Crippen LogP contribution is -2.54. The highest BCUT2D eigenvalue weighted by Crippen LogP contribution is 2.38. The summed E-state index contributed by atoms with van der Waals surface area (Å²) in [6.45, 7) is 5.53. The van der Waals surface area contributed by atoms with E-state index in [1.54, 1.807) is 39.0 Å². The lowest BCUT2D eigenvalue weighted by Gasteiger charge is -2.43. The van der Waals surface area contributed by atoms with Crippen LogP contribution in [0.1, 0.15) is 57.6 Å². The fourth-order valence-corrected chi connectivity index (χ4v) is 3.84. The molecule has 0 radical (unpaired) electrons. The molecular weight excluding hydrogens is 411 g/mol. The number of hydrogen-bond donors (Lipinski definition) is 2. The van der Waals surface area contributed by atoms with Crippen molar-refractivity contribution in [1.82, 2.24) is 4.90 Å². The first-order valence-corrected chi connectivity index (χ1v) is 11.0. The summed E-state index contributed by atoms with van der Waals surface area (Å²) in [6.07, 6.45) is 1.48. The highest BCUT2D eigenvalue weighted by molar-refractivity contribution is 5.90. The predicted molar refractivity (Wildman–Crippen MR) is 120 cm³/mol. The number of nitrogens with one attached hydrogen (secondary N) is 1. The number of para-hydroxylation sites is 1. The van der Waals surface area contributed by atoms with Gasteiger partial charge >= 0.3 is 6.09 Å². The zero-order chi connectivity index (χ0) is 23.4. The maximum Gasteiger partial charge on any atom is 0.412 e. The number of halogens is 1. The monoisotopic (exact) mass is 442 g/mol. The summed E-state index contributed by atoms with van der Waals surface area (Å²) in [7, 11) is 0. The van der Waals surface area contributed by atoms with E-state index < -0.39 is 23.2 Å². The molecular formula is C25H31FN2O4. The maximum atomic E-state index is 15.1. The summed E-state index contributed by atoms with van der Waals surface area (Å²) < 4.78 is 20.5. The third kappa shape index (κ3) is 5.85. The van der Waals surface area contributed by atoms with Crippen molar-refractivity contribution in [2.45, 2.75) is 64.2 Å². The van der Waals surface area contributed by atoms with Gasteiger partial charge in [-0.3, -0.25) is 9.69 Å². The lowest BCUT2D eigenvalue weighted by molar-refractivity contribution is -0.135. The second-order valence-corrected chi connectivity index (χ2v) is 9.13. The van der Waals surface area contributed by atoms with Gasteiger partial charge in [-0.2, -0.15) is 0 Å². The van der Waals surface area contributed by atoms with Gasteiger partial charge in [0.15, 0.2) is 5.72 Å². The third-order valence-electron chi connectivity index (χ3n) is 5.38. The van der Waals surface area contributed by atoms with Crippen molar-refractivity contribution in [3.05, 3.63) is 65.5 Å². The molecule has 32 heavy (non-hydrogen) atoms. The number of aliphatic hydroxyl groups is 1. The van der Waals surface area contributed by atoms with Crippen LogP contribution in [0.25, 0.3) is 0 Å². The molecule has 3 rings (SSSR count). The standard InChI is InChI=1S/C25H31FN2O4/c1-24(2,3)32-23(30)28-16-8-7-15-25(28,31)20-13-11-18(17-21(20)26)12-14-22(29)27-19-9-5-4-6-10-19/h4-6,9-11,13,17,31H,7-8,12,14-16H2,1-3H3,(H,27,29). The van der Waals surface area contributed by atoms with Crippen LogP contribution in [-0.2, 0) is 21.7 Å². The molecule has 7 heteroatoms. The molecule has 0 aromatic heterocycles. The van der Waals surface area contributed by atoms with Crippen molar-refractivity contribution in [3.8, 4) is 0 Å². The molecule has 2 aromatic rings. The average molecular weight is 443 g/mol. The number of hydrogen-bond acceptors (Lipinski definition) is 4. The molecule has 0 bridgehead atoms. The molecule has 2 amide bonds. The van der Waals surface area contributed by atoms with Gasteiger partial charge in [0.2, 0.25) is 5.91 Å². The van der Waals surface area contributed by atoms with Gasteiger partial charge in [-0.1, -0.05) is 30.3 Å². The quantitative estimate of drug-likeness (QED) is 0.686. The summed E-state index contributed by atoms with van der Waals surface area (Å²) in [5.41, 5.74) is -1.11. The SMILES string of the molecule is CC(C)(C)OC(=O)N1CCCCC1(O)c1ccc(CCC(=O)Nc2ccccc2)cc1F. The Morgan fingerprint density at radius 2 is 1.88 bits per heavy atom. The van der Waals surface area contributed by atoms with Crippen LogP contribution in [0.5, 0.6) is 0 Å². The van der Waals surface area contributed by atoms with Gasteiger partial charge in [0.1, 0.15) is 11.4 Å². The number of likely N-dealkylation sites (tertiary alicyclic amines) is 1. The van der Waals surface area contributed by atoms with Crippen LogP contribution in [-0.4, -0.2) is 34.2 Å². The van der Waals surface area contributed by atoms with Crippen molar-refractivity contribution in [2.24, 2.45) is 0 Å². The van der Waals surface area contributed by atoms with E-state index in [1.165, 1.54) is 17.0 Å². The van der Waals surface area contributed by atoms with Gasteiger partial charge in [-0.15, -0.1) is 0 Å². The Bertz CT molecular complexity index is 958. The molecule has 0 saturated carbocycles. The van der Waals surface area contributed by atoms with Crippen LogP contribution < -0.4 is 5.32 Å². The van der Waals surface area contributed by atoms with Gasteiger partial charge in [0.25, 0.3) is 0 Å². The van der Waals surface area contributed by atoms with Gasteiger partial charge in [0.05, 0.1) is 0 Å². The van der Waals surface area contributed by atoms with Gasteiger partial charge in [0, 0.05) is 24.2 Å². The lowest BCUT2D eigenvalue weighted by atomic mass is 9.90. The van der Waals surface area contributed by atoms with Crippen LogP contribution in [0.2, 0.25) is 0 Å². The van der Waals surface area contributed by atoms with Crippen molar-refractivity contribution in [1.29, 1.82) is 0 Å². The Labute approximate surface area is 188 Å². The molecule has 2 aromatic carbocycles. The third-order valence-corrected chi connectivity index (χ3v) is 5.38. The molecule has 1 fully saturated rings. The molecule has 2 N–H and O–H groups in total. The second-order valence-electron chi connectivity index (χ2n) is 9.13. The first kappa shape index (κ1) is 23.7. The largest absolute Gasteiger partial charge is 0.444 e. The van der Waals surface area contributed by atoms with Crippen LogP contribution in [0, 0.1) is 5.82 Å². The van der Waals surface area contributed by atoms with E-state index in [1.807, 2.05) is 18.2 Å². The van der Waals surface area contributed by atoms with Crippen molar-refractivity contribution < 1.29 is 23.8 Å². The van der Waals surface area contributed by atoms with Crippen molar-refractivity contribution >= 4 is 17.7 Å². The Balaban J connectivity index is 1.71. The van der Waals surface area contributed by atoms with Crippen LogP contribution in [0.3, 0.4) is 0 Å². The van der Waals surface area contributed by atoms with E-state index in [9.17, 15) is 14.7 Å². The van der Waals surface area contributed by atoms with E-state index in [2.05, 4.69) is 5.32 Å². The number of carbonyl (C=O) groups excluding carboxylic acids is 2. The minimum absolute atomic E-state index is 0.0422. The molecule has 172 valence electrons. The first-order chi connectivity index (χ1) is 15.1. The number of aryl methyl sites for hydroxylation is 1. The molecule has 0 aliphatic carbocycles. The molecule has 1 saturated heterocycles. The number of ether oxygens (including phenoxy) is 1. The fraction of sp³-hybridized carbons (Fsp3) is 0.440. The summed E-state index contributed by atoms with van der Waals surface area (Å²) in [6, 6.07) is 13.6. The summed E-state index contributed by atoms with van der Waals surface area (Å²) in [5.74, 6) is -0.772. The average Bonchev–Trinajstić information content (AvgIpc) is 2.72. The Morgan fingerprint density at radius 3 is 2.53 bits per heavy atom. The second kappa shape index (κ2) is 9.69. The maximum absolute atomic E-state index is 15.1. The summed E-state index contributed by atoms with van der Waals surface area (Å²) >= 11 is 0. The van der Waals surface area contributed by atoms with Crippen molar-refractivity contribution in [2.75, 3.05) is 11.9 Å².